The van der Waals surface area contributed by atoms with Crippen LogP contribution in [0.3, 0.4) is 0 Å². The lowest BCUT2D eigenvalue weighted by atomic mass is 9.33. The summed E-state index contributed by atoms with van der Waals surface area (Å²) in [5, 5.41) is 4.45. The van der Waals surface area contributed by atoms with Crippen LogP contribution in [-0.2, 0) is 5.41 Å². The SMILES string of the molecule is CC(C)(C)c1cc2c3c(c1)N(c1c(-c4ccccc4)cccc1-c1ccccc1)c1ccc(-c4cccc5oc6ccccc6c45)cc1B3c1cc(-c3cccc4oc5ccccc5c34)ccc1N2c1ccccc1-c1ccccc1. The van der Waals surface area contributed by atoms with Gasteiger partial charge >= 0.3 is 0 Å². The molecule has 14 aromatic rings. The number of rotatable bonds is 7. The zero-order valence-corrected chi connectivity index (χ0v) is 45.2. The fourth-order valence-electron chi connectivity index (χ4n) is 13.3. The first-order valence-corrected chi connectivity index (χ1v) is 28.1. The molecule has 0 radical (unpaired) electrons. The number of para-hydroxylation sites is 4. The lowest BCUT2D eigenvalue weighted by Crippen LogP contribution is -2.61. The van der Waals surface area contributed by atoms with Crippen molar-refractivity contribution in [3.8, 4) is 55.6 Å². The predicted molar refractivity (Wildman–Crippen MR) is 341 cm³/mol. The summed E-state index contributed by atoms with van der Waals surface area (Å²) in [5.41, 5.74) is 26.6. The van der Waals surface area contributed by atoms with E-state index >= 15 is 0 Å². The minimum atomic E-state index is -0.231. The van der Waals surface area contributed by atoms with Crippen LogP contribution in [0.25, 0.3) is 99.5 Å². The third kappa shape index (κ3) is 7.39. The third-order valence-electron chi connectivity index (χ3n) is 17.0. The van der Waals surface area contributed by atoms with Gasteiger partial charge in [0.25, 0.3) is 6.71 Å². The largest absolute Gasteiger partial charge is 0.456 e. The van der Waals surface area contributed by atoms with Crippen LogP contribution >= 0.6 is 0 Å². The lowest BCUT2D eigenvalue weighted by molar-refractivity contribution is 0.590. The molecule has 0 saturated heterocycles. The van der Waals surface area contributed by atoms with Crippen LogP contribution in [0.5, 0.6) is 0 Å². The minimum Gasteiger partial charge on any atom is -0.456 e. The molecule has 0 N–H and O–H groups in total. The second-order valence-corrected chi connectivity index (χ2v) is 22.7. The van der Waals surface area contributed by atoms with Gasteiger partial charge in [0.1, 0.15) is 22.3 Å². The summed E-state index contributed by atoms with van der Waals surface area (Å²) in [5.74, 6) is 0. The Kier molecular flexibility index (Phi) is 10.6. The van der Waals surface area contributed by atoms with Crippen molar-refractivity contribution in [3.63, 3.8) is 0 Å². The molecule has 0 bridgehead atoms. The van der Waals surface area contributed by atoms with Gasteiger partial charge in [0.15, 0.2) is 0 Å². The molecule has 16 rings (SSSR count). The van der Waals surface area contributed by atoms with Crippen molar-refractivity contribution in [1.29, 1.82) is 0 Å². The fourth-order valence-corrected chi connectivity index (χ4v) is 13.3. The highest BCUT2D eigenvalue weighted by Gasteiger charge is 2.46. The molecule has 4 nitrogen and oxygen atoms in total. The molecule has 382 valence electrons. The summed E-state index contributed by atoms with van der Waals surface area (Å²) < 4.78 is 13.2. The third-order valence-corrected chi connectivity index (χ3v) is 17.0. The van der Waals surface area contributed by atoms with Crippen LogP contribution in [0.2, 0.25) is 0 Å². The monoisotopic (exact) mass is 1040 g/mol. The van der Waals surface area contributed by atoms with E-state index in [2.05, 4.69) is 297 Å². The number of hydrogen-bond donors (Lipinski definition) is 0. The van der Waals surface area contributed by atoms with Gasteiger partial charge < -0.3 is 18.6 Å². The molecule has 0 spiro atoms. The normalized spacial score (nSPS) is 12.8. The molecule has 2 aromatic heterocycles. The topological polar surface area (TPSA) is 32.8 Å². The van der Waals surface area contributed by atoms with E-state index in [1.807, 2.05) is 0 Å². The highest BCUT2D eigenvalue weighted by atomic mass is 16.3. The Bertz CT molecular complexity index is 4760. The number of furan rings is 2. The minimum absolute atomic E-state index is 0.213. The second-order valence-electron chi connectivity index (χ2n) is 22.7. The van der Waals surface area contributed by atoms with Gasteiger partial charge in [-0.25, -0.2) is 0 Å². The van der Waals surface area contributed by atoms with Crippen molar-refractivity contribution in [1.82, 2.24) is 0 Å². The van der Waals surface area contributed by atoms with Crippen molar-refractivity contribution in [2.75, 3.05) is 9.80 Å². The fraction of sp³-hybridized carbons (Fsp3) is 0.0526. The van der Waals surface area contributed by atoms with E-state index in [4.69, 9.17) is 8.83 Å². The Balaban J connectivity index is 1.06. The maximum Gasteiger partial charge on any atom is 0.252 e. The Hall–Kier alpha value is -10.1. The van der Waals surface area contributed by atoms with Crippen LogP contribution in [0.1, 0.15) is 26.3 Å². The number of nitrogens with zero attached hydrogens (tertiary/aromatic N) is 2. The van der Waals surface area contributed by atoms with E-state index in [-0.39, 0.29) is 12.1 Å². The number of anilines is 6. The quantitative estimate of drug-likeness (QED) is 0.149. The molecule has 0 amide bonds. The van der Waals surface area contributed by atoms with Gasteiger partial charge in [0.05, 0.1) is 11.4 Å². The van der Waals surface area contributed by atoms with Gasteiger partial charge in [0.2, 0.25) is 0 Å². The van der Waals surface area contributed by atoms with Crippen molar-refractivity contribution < 1.29 is 8.83 Å². The van der Waals surface area contributed by atoms with E-state index in [0.717, 1.165) is 134 Å². The Morgan fingerprint density at radius 1 is 0.309 bits per heavy atom. The molecule has 0 aliphatic carbocycles. The van der Waals surface area contributed by atoms with Crippen LogP contribution < -0.4 is 26.2 Å². The molecule has 0 fully saturated rings. The van der Waals surface area contributed by atoms with E-state index < -0.39 is 0 Å². The predicted octanol–water partition coefficient (Wildman–Crippen LogP) is 19.2. The average molecular weight is 1040 g/mol. The van der Waals surface area contributed by atoms with Gasteiger partial charge in [-0.1, -0.05) is 233 Å². The second kappa shape index (κ2) is 18.2. The van der Waals surface area contributed by atoms with Gasteiger partial charge in [-0.2, -0.15) is 0 Å². The van der Waals surface area contributed by atoms with Crippen LogP contribution in [0, 0.1) is 0 Å². The Labute approximate surface area is 471 Å². The van der Waals surface area contributed by atoms with Crippen molar-refractivity contribution >= 4 is 101 Å². The van der Waals surface area contributed by atoms with E-state index in [1.54, 1.807) is 0 Å². The molecule has 0 atom stereocenters. The molecular weight excluding hydrogens is 984 g/mol. The molecular formula is C76H53BN2O2. The molecule has 5 heteroatoms. The number of hydrogen-bond acceptors (Lipinski definition) is 4. The highest BCUT2D eigenvalue weighted by Crippen LogP contribution is 2.53. The summed E-state index contributed by atoms with van der Waals surface area (Å²) in [6.45, 7) is 6.84. The number of fused-ring (bicyclic) bond motifs is 10. The summed E-state index contributed by atoms with van der Waals surface area (Å²) >= 11 is 0. The molecule has 81 heavy (non-hydrogen) atoms. The average Bonchev–Trinajstić information content (AvgIpc) is 4.31. The lowest BCUT2D eigenvalue weighted by Gasteiger charge is -2.46. The van der Waals surface area contributed by atoms with Gasteiger partial charge in [-0.05, 0) is 121 Å². The van der Waals surface area contributed by atoms with Gasteiger partial charge in [0, 0.05) is 61.0 Å². The first-order chi connectivity index (χ1) is 39.8. The smallest absolute Gasteiger partial charge is 0.252 e. The van der Waals surface area contributed by atoms with Crippen LogP contribution in [0.15, 0.2) is 276 Å². The number of benzene rings is 12. The maximum atomic E-state index is 6.59. The van der Waals surface area contributed by atoms with Crippen molar-refractivity contribution in [2.24, 2.45) is 0 Å². The first kappa shape index (κ1) is 47.0. The van der Waals surface area contributed by atoms with Crippen molar-refractivity contribution in [2.45, 2.75) is 26.2 Å². The molecule has 0 unspecified atom stereocenters. The molecule has 4 heterocycles. The maximum absolute atomic E-state index is 6.59. The summed E-state index contributed by atoms with van der Waals surface area (Å²) in [7, 11) is 0. The van der Waals surface area contributed by atoms with Gasteiger partial charge in [-0.3, -0.25) is 0 Å². The van der Waals surface area contributed by atoms with E-state index in [0.29, 0.717) is 0 Å². The van der Waals surface area contributed by atoms with E-state index in [9.17, 15) is 0 Å². The van der Waals surface area contributed by atoms with Gasteiger partial charge in [-0.15, -0.1) is 0 Å². The Morgan fingerprint density at radius 2 is 0.716 bits per heavy atom. The zero-order chi connectivity index (χ0) is 53.9. The van der Waals surface area contributed by atoms with Crippen molar-refractivity contribution in [3.05, 3.63) is 272 Å². The molecule has 2 aliphatic rings. The molecule has 2 aliphatic heterocycles. The first-order valence-electron chi connectivity index (χ1n) is 28.1. The summed E-state index contributed by atoms with van der Waals surface area (Å²) in [4.78, 5) is 5.23. The standard InChI is InChI=1S/C76H53BN2O2/c1-76(2,3)53-46-66-74-67(47-53)79(75-57(49-24-9-5-10-25-49)33-19-34-58(75)50-26-11-6-12-27-50)65-43-41-52(56-32-21-39-71-73(56)60-30-15-18-37-69(60)81-71)45-62(65)77(74)61-44-51(55-31-20-38-70-72(55)59-29-14-17-36-68(59)80-70)40-42-64(61)78(66)63-35-16-13-28-54(63)48-22-7-4-8-23-48/h4-47H,1-3H3. The molecule has 12 aromatic carbocycles. The summed E-state index contributed by atoms with van der Waals surface area (Å²) in [6, 6.07) is 98.0. The zero-order valence-electron chi connectivity index (χ0n) is 45.2. The van der Waals surface area contributed by atoms with Crippen LogP contribution in [0.4, 0.5) is 34.1 Å². The summed E-state index contributed by atoms with van der Waals surface area (Å²) in [6.07, 6.45) is 0. The van der Waals surface area contributed by atoms with Crippen LogP contribution in [-0.4, -0.2) is 6.71 Å². The Morgan fingerprint density at radius 3 is 1.25 bits per heavy atom. The highest BCUT2D eigenvalue weighted by molar-refractivity contribution is 7.00. The van der Waals surface area contributed by atoms with E-state index in [1.165, 1.54) is 22.0 Å². The molecule has 0 saturated carbocycles.